The van der Waals surface area contributed by atoms with Gasteiger partial charge in [-0.15, -0.1) is 0 Å². The maximum Gasteiger partial charge on any atom is 0.335 e. The summed E-state index contributed by atoms with van der Waals surface area (Å²) < 4.78 is 5.17. The van der Waals surface area contributed by atoms with Crippen LogP contribution in [0, 0.1) is 0 Å². The maximum absolute atomic E-state index is 11.7. The smallest absolute Gasteiger partial charge is 0.335 e. The fourth-order valence-electron chi connectivity index (χ4n) is 1.59. The molecule has 0 saturated carbocycles. The van der Waals surface area contributed by atoms with E-state index in [2.05, 4.69) is 10.6 Å². The largest absolute Gasteiger partial charge is 0.478 e. The van der Waals surface area contributed by atoms with E-state index in [1.165, 1.54) is 18.2 Å². The van der Waals surface area contributed by atoms with Gasteiger partial charge in [0.15, 0.2) is 0 Å². The molecule has 0 spiro atoms. The summed E-state index contributed by atoms with van der Waals surface area (Å²) in [7, 11) is 0. The molecule has 0 unspecified atom stereocenters. The highest BCUT2D eigenvalue weighted by Gasteiger charge is 2.09. The quantitative estimate of drug-likeness (QED) is 0.607. The van der Waals surface area contributed by atoms with Gasteiger partial charge in [0, 0.05) is 13.2 Å². The maximum atomic E-state index is 11.7. The molecule has 0 aromatic heterocycles. The zero-order valence-corrected chi connectivity index (χ0v) is 12.6. The van der Waals surface area contributed by atoms with Crippen molar-refractivity contribution in [2.24, 2.45) is 0 Å². The molecular formula is C14H19ClN2O4. The first-order valence-corrected chi connectivity index (χ1v) is 7.03. The number of nitrogens with one attached hydrogen (secondary N) is 2. The second-order valence-corrected chi connectivity index (χ2v) is 4.68. The van der Waals surface area contributed by atoms with Gasteiger partial charge in [-0.25, -0.2) is 4.79 Å². The van der Waals surface area contributed by atoms with Crippen molar-refractivity contribution in [3.8, 4) is 0 Å². The normalized spacial score (nSPS) is 10.4. The molecule has 1 aromatic rings. The molecule has 0 saturated heterocycles. The summed E-state index contributed by atoms with van der Waals surface area (Å²) >= 11 is 5.92. The molecule has 0 aliphatic heterocycles. The lowest BCUT2D eigenvalue weighted by atomic mass is 10.2. The first kappa shape index (κ1) is 17.4. The van der Waals surface area contributed by atoms with Crippen molar-refractivity contribution >= 4 is 29.2 Å². The number of amides is 1. The number of carbonyl (C=O) groups is 2. The Bertz CT molecular complexity index is 494. The van der Waals surface area contributed by atoms with E-state index in [1.54, 1.807) is 0 Å². The van der Waals surface area contributed by atoms with Crippen LogP contribution in [0.4, 0.5) is 5.69 Å². The number of carboxylic acids is 1. The van der Waals surface area contributed by atoms with Crippen LogP contribution in [0.25, 0.3) is 0 Å². The Kier molecular flexibility index (Phi) is 7.74. The number of carbonyl (C=O) groups excluding carboxylic acids is 1. The Morgan fingerprint density at radius 3 is 2.81 bits per heavy atom. The van der Waals surface area contributed by atoms with Gasteiger partial charge in [0.05, 0.1) is 22.8 Å². The molecule has 0 fully saturated rings. The van der Waals surface area contributed by atoms with Crippen LogP contribution in [-0.4, -0.2) is 43.3 Å². The van der Waals surface area contributed by atoms with E-state index in [-0.39, 0.29) is 23.7 Å². The Morgan fingerprint density at radius 2 is 2.14 bits per heavy atom. The standard InChI is InChI=1S/C14H19ClN2O4/c1-2-21-7-3-6-16-9-13(18)17-12-8-10(14(19)20)4-5-11(12)15/h4-5,8,16H,2-3,6-7,9H2,1H3,(H,17,18)(H,19,20). The van der Waals surface area contributed by atoms with Gasteiger partial charge in [0.1, 0.15) is 0 Å². The lowest BCUT2D eigenvalue weighted by Gasteiger charge is -2.09. The minimum absolute atomic E-state index is 0.0689. The van der Waals surface area contributed by atoms with E-state index >= 15 is 0 Å². The highest BCUT2D eigenvalue weighted by Crippen LogP contribution is 2.22. The third-order valence-electron chi connectivity index (χ3n) is 2.62. The molecule has 0 aliphatic carbocycles. The Labute approximate surface area is 128 Å². The van der Waals surface area contributed by atoms with E-state index in [1.807, 2.05) is 6.92 Å². The van der Waals surface area contributed by atoms with Crippen LogP contribution < -0.4 is 10.6 Å². The second-order valence-electron chi connectivity index (χ2n) is 4.28. The third-order valence-corrected chi connectivity index (χ3v) is 2.95. The lowest BCUT2D eigenvalue weighted by Crippen LogP contribution is -2.29. The van der Waals surface area contributed by atoms with Gasteiger partial charge in [-0.05, 0) is 38.1 Å². The second kappa shape index (κ2) is 9.33. The zero-order chi connectivity index (χ0) is 15.7. The average Bonchev–Trinajstić information content (AvgIpc) is 2.44. The molecule has 1 rings (SSSR count). The highest BCUT2D eigenvalue weighted by atomic mass is 35.5. The summed E-state index contributed by atoms with van der Waals surface area (Å²) in [5.74, 6) is -1.35. The van der Waals surface area contributed by atoms with E-state index < -0.39 is 5.97 Å². The van der Waals surface area contributed by atoms with Crippen LogP contribution >= 0.6 is 11.6 Å². The van der Waals surface area contributed by atoms with Crippen LogP contribution in [0.15, 0.2) is 18.2 Å². The summed E-state index contributed by atoms with van der Waals surface area (Å²) in [6.45, 7) is 4.04. The van der Waals surface area contributed by atoms with Crippen LogP contribution in [0.1, 0.15) is 23.7 Å². The van der Waals surface area contributed by atoms with Gasteiger partial charge in [0.25, 0.3) is 0 Å². The van der Waals surface area contributed by atoms with Gasteiger partial charge in [-0.2, -0.15) is 0 Å². The summed E-state index contributed by atoms with van der Waals surface area (Å²) in [5.41, 5.74) is 0.358. The van der Waals surface area contributed by atoms with Crippen molar-refractivity contribution in [2.75, 3.05) is 31.6 Å². The number of halogens is 1. The molecule has 7 heteroatoms. The molecule has 0 heterocycles. The van der Waals surface area contributed by atoms with Crippen molar-refractivity contribution in [1.29, 1.82) is 0 Å². The fraction of sp³-hybridized carbons (Fsp3) is 0.429. The molecule has 0 atom stereocenters. The van der Waals surface area contributed by atoms with E-state index in [0.717, 1.165) is 6.42 Å². The SMILES string of the molecule is CCOCCCNCC(=O)Nc1cc(C(=O)O)ccc1Cl. The van der Waals surface area contributed by atoms with Gasteiger partial charge in [-0.3, -0.25) is 4.79 Å². The third kappa shape index (κ3) is 6.57. The Balaban J connectivity index is 2.40. The molecular weight excluding hydrogens is 296 g/mol. The van der Waals surface area contributed by atoms with Crippen LogP contribution in [-0.2, 0) is 9.53 Å². The topological polar surface area (TPSA) is 87.7 Å². The molecule has 0 bridgehead atoms. The first-order valence-electron chi connectivity index (χ1n) is 6.65. The first-order chi connectivity index (χ1) is 10.0. The molecule has 0 aliphatic rings. The van der Waals surface area contributed by atoms with E-state index in [0.29, 0.717) is 24.8 Å². The van der Waals surface area contributed by atoms with Gasteiger partial charge >= 0.3 is 5.97 Å². The molecule has 1 aromatic carbocycles. The number of carboxylic acid groups (broad SMARTS) is 1. The highest BCUT2D eigenvalue weighted by molar-refractivity contribution is 6.33. The number of ether oxygens (including phenoxy) is 1. The zero-order valence-electron chi connectivity index (χ0n) is 11.8. The molecule has 0 radical (unpaired) electrons. The van der Waals surface area contributed by atoms with E-state index in [4.69, 9.17) is 21.4 Å². The molecule has 3 N–H and O–H groups in total. The molecule has 6 nitrogen and oxygen atoms in total. The average molecular weight is 315 g/mol. The van der Waals surface area contributed by atoms with Crippen LogP contribution in [0.3, 0.4) is 0 Å². The summed E-state index contributed by atoms with van der Waals surface area (Å²) in [6.07, 6.45) is 0.816. The predicted molar refractivity (Wildman–Crippen MR) is 81.0 cm³/mol. The minimum atomic E-state index is -1.07. The molecule has 116 valence electrons. The van der Waals surface area contributed by atoms with Crippen molar-refractivity contribution < 1.29 is 19.4 Å². The van der Waals surface area contributed by atoms with Crippen LogP contribution in [0.2, 0.25) is 5.02 Å². The van der Waals surface area contributed by atoms with Crippen molar-refractivity contribution in [3.05, 3.63) is 28.8 Å². The predicted octanol–water partition coefficient (Wildman–Crippen LogP) is 1.99. The molecule has 21 heavy (non-hydrogen) atoms. The number of hydrogen-bond donors (Lipinski definition) is 3. The van der Waals surface area contributed by atoms with E-state index in [9.17, 15) is 9.59 Å². The van der Waals surface area contributed by atoms with Crippen molar-refractivity contribution in [2.45, 2.75) is 13.3 Å². The number of rotatable bonds is 9. The fourth-order valence-corrected chi connectivity index (χ4v) is 1.76. The number of hydrogen-bond acceptors (Lipinski definition) is 4. The minimum Gasteiger partial charge on any atom is -0.478 e. The van der Waals surface area contributed by atoms with Crippen molar-refractivity contribution in [3.63, 3.8) is 0 Å². The van der Waals surface area contributed by atoms with Crippen LogP contribution in [0.5, 0.6) is 0 Å². The number of benzene rings is 1. The van der Waals surface area contributed by atoms with Crippen molar-refractivity contribution in [1.82, 2.24) is 5.32 Å². The summed E-state index contributed by atoms with van der Waals surface area (Å²) in [5, 5.41) is 14.7. The Morgan fingerprint density at radius 1 is 1.38 bits per heavy atom. The number of anilines is 1. The monoisotopic (exact) mass is 314 g/mol. The van der Waals surface area contributed by atoms with Gasteiger partial charge < -0.3 is 20.5 Å². The number of aromatic carboxylic acids is 1. The lowest BCUT2D eigenvalue weighted by molar-refractivity contribution is -0.115. The summed E-state index contributed by atoms with van der Waals surface area (Å²) in [4.78, 5) is 22.6. The summed E-state index contributed by atoms with van der Waals surface area (Å²) in [6, 6.07) is 4.15. The Hall–Kier alpha value is -1.63. The van der Waals surface area contributed by atoms with Gasteiger partial charge in [-0.1, -0.05) is 11.6 Å². The molecule has 1 amide bonds. The van der Waals surface area contributed by atoms with Gasteiger partial charge in [0.2, 0.25) is 5.91 Å².